The molecule has 2 aromatic rings. The van der Waals surface area contributed by atoms with E-state index in [0.717, 1.165) is 12.1 Å². The monoisotopic (exact) mass is 438 g/mol. The van der Waals surface area contributed by atoms with Gasteiger partial charge >= 0.3 is 6.18 Å². The number of hydrogen-bond donors (Lipinski definition) is 2. The highest BCUT2D eigenvalue weighted by molar-refractivity contribution is 5.96. The summed E-state index contributed by atoms with van der Waals surface area (Å²) in [4.78, 5) is 36.5. The van der Waals surface area contributed by atoms with Gasteiger partial charge in [-0.05, 0) is 37.2 Å². The van der Waals surface area contributed by atoms with Crippen molar-refractivity contribution >= 4 is 28.9 Å². The van der Waals surface area contributed by atoms with Crippen molar-refractivity contribution in [3.8, 4) is 0 Å². The van der Waals surface area contributed by atoms with Gasteiger partial charge in [-0.1, -0.05) is 25.1 Å². The van der Waals surface area contributed by atoms with Crippen LogP contribution in [0.3, 0.4) is 0 Å². The fourth-order valence-corrected chi connectivity index (χ4v) is 2.80. The highest BCUT2D eigenvalue weighted by Gasteiger charge is 2.33. The Morgan fingerprint density at radius 1 is 1.03 bits per heavy atom. The standard InChI is InChI=1S/C20H21F3N4O4/c1-3-26(11-18(28)24-15-7-5-4-6-14(15)20(21,22)23)12-19(29)25-16-9-8-13(2)10-17(16)27(30)31/h4-10H,3,11-12H2,1-2H3,(H,24,28)(H,25,29). The van der Waals surface area contributed by atoms with Gasteiger partial charge in [0.2, 0.25) is 11.8 Å². The second kappa shape index (κ2) is 10.0. The molecule has 0 unspecified atom stereocenters. The summed E-state index contributed by atoms with van der Waals surface area (Å²) in [7, 11) is 0. The van der Waals surface area contributed by atoms with E-state index in [1.165, 1.54) is 29.2 Å². The predicted octanol–water partition coefficient (Wildman–Crippen LogP) is 3.82. The summed E-state index contributed by atoms with van der Waals surface area (Å²) in [6.07, 6.45) is -4.63. The quantitative estimate of drug-likeness (QED) is 0.482. The molecular formula is C20H21F3N4O4. The maximum atomic E-state index is 13.1. The summed E-state index contributed by atoms with van der Waals surface area (Å²) in [5.74, 6) is -1.33. The highest BCUT2D eigenvalue weighted by atomic mass is 19.4. The van der Waals surface area contributed by atoms with E-state index in [2.05, 4.69) is 10.6 Å². The van der Waals surface area contributed by atoms with Crippen LogP contribution in [0.2, 0.25) is 0 Å². The number of aryl methyl sites for hydroxylation is 1. The summed E-state index contributed by atoms with van der Waals surface area (Å²) in [6.45, 7) is 2.96. The summed E-state index contributed by atoms with van der Waals surface area (Å²) >= 11 is 0. The largest absolute Gasteiger partial charge is 0.418 e. The second-order valence-electron chi connectivity index (χ2n) is 6.72. The third kappa shape index (κ3) is 6.78. The van der Waals surface area contributed by atoms with E-state index in [1.54, 1.807) is 19.9 Å². The Morgan fingerprint density at radius 3 is 2.16 bits per heavy atom. The minimum Gasteiger partial charge on any atom is -0.324 e. The van der Waals surface area contributed by atoms with Crippen molar-refractivity contribution in [3.63, 3.8) is 0 Å². The lowest BCUT2D eigenvalue weighted by atomic mass is 10.1. The average Bonchev–Trinajstić information content (AvgIpc) is 2.68. The number of benzene rings is 2. The predicted molar refractivity (Wildman–Crippen MR) is 109 cm³/mol. The first-order valence-corrected chi connectivity index (χ1v) is 9.24. The van der Waals surface area contributed by atoms with Crippen LogP contribution in [0, 0.1) is 17.0 Å². The van der Waals surface area contributed by atoms with Crippen molar-refractivity contribution < 1.29 is 27.7 Å². The SMILES string of the molecule is CCN(CC(=O)Nc1ccc(C)cc1[N+](=O)[O-])CC(=O)Nc1ccccc1C(F)(F)F. The molecule has 0 spiro atoms. The number of halogens is 3. The first kappa shape index (κ1) is 23.8. The molecule has 0 atom stereocenters. The molecule has 0 aliphatic heterocycles. The number of alkyl halides is 3. The van der Waals surface area contributed by atoms with Gasteiger partial charge in [-0.15, -0.1) is 0 Å². The molecule has 0 fully saturated rings. The van der Waals surface area contributed by atoms with Gasteiger partial charge in [0.1, 0.15) is 5.69 Å². The van der Waals surface area contributed by atoms with E-state index in [0.29, 0.717) is 5.56 Å². The smallest absolute Gasteiger partial charge is 0.324 e. The molecule has 11 heteroatoms. The normalized spacial score (nSPS) is 11.3. The molecule has 0 aromatic heterocycles. The van der Waals surface area contributed by atoms with Crippen molar-refractivity contribution in [2.45, 2.75) is 20.0 Å². The third-order valence-corrected chi connectivity index (χ3v) is 4.31. The molecule has 8 nitrogen and oxygen atoms in total. The number of likely N-dealkylation sites (N-methyl/N-ethyl adjacent to an activating group) is 1. The topological polar surface area (TPSA) is 105 Å². The number of hydrogen-bond acceptors (Lipinski definition) is 5. The fourth-order valence-electron chi connectivity index (χ4n) is 2.80. The average molecular weight is 438 g/mol. The van der Waals surface area contributed by atoms with Crippen LogP contribution in [0.4, 0.5) is 30.2 Å². The Bertz CT molecular complexity index is 979. The van der Waals surface area contributed by atoms with Crippen molar-refractivity contribution in [2.24, 2.45) is 0 Å². The lowest BCUT2D eigenvalue weighted by Gasteiger charge is -2.20. The van der Waals surface area contributed by atoms with Gasteiger partial charge < -0.3 is 10.6 Å². The molecule has 0 saturated heterocycles. The summed E-state index contributed by atoms with van der Waals surface area (Å²) in [5.41, 5.74) is -0.958. The first-order chi connectivity index (χ1) is 14.5. The van der Waals surface area contributed by atoms with Gasteiger partial charge in [-0.3, -0.25) is 24.6 Å². The molecule has 0 aliphatic rings. The van der Waals surface area contributed by atoms with Crippen LogP contribution in [0.1, 0.15) is 18.1 Å². The molecule has 2 aromatic carbocycles. The van der Waals surface area contributed by atoms with Gasteiger partial charge in [0, 0.05) is 6.07 Å². The minimum absolute atomic E-state index is 0.0141. The van der Waals surface area contributed by atoms with Crippen LogP contribution in [0.15, 0.2) is 42.5 Å². The Hall–Kier alpha value is -3.47. The highest BCUT2D eigenvalue weighted by Crippen LogP contribution is 2.34. The van der Waals surface area contributed by atoms with Crippen LogP contribution in [0.5, 0.6) is 0 Å². The fraction of sp³-hybridized carbons (Fsp3) is 0.300. The van der Waals surface area contributed by atoms with Gasteiger partial charge in [-0.2, -0.15) is 13.2 Å². The van der Waals surface area contributed by atoms with E-state index in [9.17, 15) is 32.9 Å². The Morgan fingerprint density at radius 2 is 1.61 bits per heavy atom. The van der Waals surface area contributed by atoms with Crippen molar-refractivity contribution in [3.05, 3.63) is 63.7 Å². The molecule has 0 aliphatic carbocycles. The van der Waals surface area contributed by atoms with Crippen molar-refractivity contribution in [1.29, 1.82) is 0 Å². The molecule has 31 heavy (non-hydrogen) atoms. The number of carbonyl (C=O) groups is 2. The lowest BCUT2D eigenvalue weighted by Crippen LogP contribution is -2.38. The zero-order chi connectivity index (χ0) is 23.2. The molecule has 0 radical (unpaired) electrons. The van der Waals surface area contributed by atoms with E-state index in [-0.39, 0.29) is 36.7 Å². The number of nitro groups is 1. The minimum atomic E-state index is -4.63. The van der Waals surface area contributed by atoms with Crippen LogP contribution in [-0.2, 0) is 15.8 Å². The van der Waals surface area contributed by atoms with Crippen LogP contribution in [0.25, 0.3) is 0 Å². The number of nitrogens with zero attached hydrogens (tertiary/aromatic N) is 2. The second-order valence-corrected chi connectivity index (χ2v) is 6.72. The van der Waals surface area contributed by atoms with E-state index >= 15 is 0 Å². The van der Waals surface area contributed by atoms with E-state index in [4.69, 9.17) is 0 Å². The summed E-state index contributed by atoms with van der Waals surface area (Å²) in [5, 5.41) is 15.8. The van der Waals surface area contributed by atoms with Crippen LogP contribution < -0.4 is 10.6 Å². The van der Waals surface area contributed by atoms with Crippen LogP contribution >= 0.6 is 0 Å². The Labute approximate surface area is 176 Å². The number of amides is 2. The van der Waals surface area contributed by atoms with Crippen molar-refractivity contribution in [2.75, 3.05) is 30.3 Å². The summed E-state index contributed by atoms with van der Waals surface area (Å²) < 4.78 is 39.2. The maximum Gasteiger partial charge on any atom is 0.418 e. The number of anilines is 2. The number of nitro benzene ring substituents is 1. The zero-order valence-corrected chi connectivity index (χ0v) is 16.8. The number of carbonyl (C=O) groups excluding carboxylic acids is 2. The molecule has 0 bridgehead atoms. The molecule has 0 heterocycles. The van der Waals surface area contributed by atoms with E-state index < -0.39 is 28.5 Å². The maximum absolute atomic E-state index is 13.1. The number of rotatable bonds is 8. The van der Waals surface area contributed by atoms with Gasteiger partial charge in [0.25, 0.3) is 5.69 Å². The lowest BCUT2D eigenvalue weighted by molar-refractivity contribution is -0.384. The summed E-state index contributed by atoms with van der Waals surface area (Å²) in [6, 6.07) is 8.90. The van der Waals surface area contributed by atoms with Gasteiger partial charge in [-0.25, -0.2) is 0 Å². The van der Waals surface area contributed by atoms with Crippen LogP contribution in [-0.4, -0.2) is 41.3 Å². The molecule has 2 rings (SSSR count). The van der Waals surface area contributed by atoms with Gasteiger partial charge in [0.15, 0.2) is 0 Å². The van der Waals surface area contributed by atoms with Crippen molar-refractivity contribution in [1.82, 2.24) is 4.90 Å². The zero-order valence-electron chi connectivity index (χ0n) is 16.8. The third-order valence-electron chi connectivity index (χ3n) is 4.31. The number of nitrogens with one attached hydrogen (secondary N) is 2. The molecule has 166 valence electrons. The van der Waals surface area contributed by atoms with Gasteiger partial charge in [0.05, 0.1) is 29.3 Å². The Balaban J connectivity index is 2.02. The van der Waals surface area contributed by atoms with E-state index in [1.807, 2.05) is 0 Å². The molecule has 2 amide bonds. The molecule has 2 N–H and O–H groups in total. The first-order valence-electron chi connectivity index (χ1n) is 9.24. The number of para-hydroxylation sites is 1. The molecular weight excluding hydrogens is 417 g/mol. The molecule has 0 saturated carbocycles. The Kier molecular flexibility index (Phi) is 7.70.